The number of carbonyl (C=O) groups excluding carboxylic acids is 2. The number of hydrogen-bond acceptors (Lipinski definition) is 7. The zero-order chi connectivity index (χ0) is 55.5. The second kappa shape index (κ2) is 57.9. The Bertz CT molecular complexity index is 1470. The molecular weight excluding hydrogens is 947 g/mol. The van der Waals surface area contributed by atoms with E-state index in [1.807, 2.05) is 21.1 Å². The molecule has 1 N–H and O–H groups in total. The molecule has 0 aliphatic carbocycles. The van der Waals surface area contributed by atoms with E-state index in [-0.39, 0.29) is 32.2 Å². The topological polar surface area (TPSA) is 108 Å². The highest BCUT2D eigenvalue weighted by atomic mass is 16.7. The van der Waals surface area contributed by atoms with Crippen LogP contribution in [0.15, 0.2) is 72.9 Å². The molecule has 76 heavy (non-hydrogen) atoms. The Kier molecular flexibility index (Phi) is 55.4. The molecule has 2 atom stereocenters. The molecule has 0 spiro atoms. The Hall–Kier alpha value is -3.27. The van der Waals surface area contributed by atoms with Crippen LogP contribution in [0.2, 0.25) is 0 Å². The summed E-state index contributed by atoms with van der Waals surface area (Å²) in [4.78, 5) is 37.5. The van der Waals surface area contributed by atoms with Gasteiger partial charge in [0, 0.05) is 12.8 Å². The Morgan fingerprint density at radius 1 is 0.408 bits per heavy atom. The average molecular weight is 1070 g/mol. The summed E-state index contributed by atoms with van der Waals surface area (Å²) in [6.07, 6.45) is 73.0. The van der Waals surface area contributed by atoms with E-state index in [2.05, 4.69) is 86.8 Å². The van der Waals surface area contributed by atoms with Gasteiger partial charge in [-0.25, -0.2) is 4.79 Å². The number of nitrogens with zero attached hydrogens (tertiary/aromatic N) is 1. The summed E-state index contributed by atoms with van der Waals surface area (Å²) in [5, 5.41) is 9.71. The van der Waals surface area contributed by atoms with Crippen molar-refractivity contribution < 1.29 is 42.9 Å². The molecule has 0 aliphatic rings. The van der Waals surface area contributed by atoms with Gasteiger partial charge in [0.25, 0.3) is 6.29 Å². The zero-order valence-corrected chi connectivity index (χ0v) is 50.2. The summed E-state index contributed by atoms with van der Waals surface area (Å²) in [5.74, 6) is -2.06. The van der Waals surface area contributed by atoms with Crippen molar-refractivity contribution in [1.82, 2.24) is 0 Å². The van der Waals surface area contributed by atoms with Crippen LogP contribution < -0.4 is 0 Å². The predicted octanol–water partition coefficient (Wildman–Crippen LogP) is 19.0. The molecule has 0 saturated carbocycles. The smallest absolute Gasteiger partial charge is 0.361 e. The Labute approximate surface area is 468 Å². The van der Waals surface area contributed by atoms with Gasteiger partial charge in [0.1, 0.15) is 13.2 Å². The number of rotatable bonds is 58. The van der Waals surface area contributed by atoms with Gasteiger partial charge < -0.3 is 28.5 Å². The third-order valence-electron chi connectivity index (χ3n) is 13.7. The van der Waals surface area contributed by atoms with Crippen LogP contribution in [0.25, 0.3) is 0 Å². The molecule has 0 fully saturated rings. The van der Waals surface area contributed by atoms with E-state index >= 15 is 0 Å². The molecule has 0 aromatic carbocycles. The standard InChI is InChI=1S/C67H119NO8/c1-6-8-10-12-14-16-18-20-22-24-26-28-29-30-31-32-33-34-35-36-38-39-41-43-45-47-49-51-53-55-57-64(69)74-61-63(62-75-67(66(71)72)73-60-59-68(3,4)5)76-65(70)58-56-54-52-50-48-46-44-42-40-37-27-25-23-21-19-17-15-13-11-9-7-2/h9,11,15,17,21,23,27,37,42,44,48,50,63,67H,6-8,10,12-14,16,18-20,22,24-26,28-36,38-41,43,45-47,49,51-62H2,1-5H3/p+1/b11-9-,17-15-,23-21-,37-27-,44-42-,50-48-. The summed E-state index contributed by atoms with van der Waals surface area (Å²) >= 11 is 0. The predicted molar refractivity (Wildman–Crippen MR) is 323 cm³/mol. The minimum atomic E-state index is -1.53. The number of carboxylic acids is 1. The van der Waals surface area contributed by atoms with E-state index in [1.54, 1.807) is 0 Å². The molecule has 0 rings (SSSR count). The summed E-state index contributed by atoms with van der Waals surface area (Å²) in [6.45, 7) is 4.74. The number of unbranched alkanes of at least 4 members (excludes halogenated alkanes) is 31. The number of carboxylic acid groups (broad SMARTS) is 1. The highest BCUT2D eigenvalue weighted by molar-refractivity contribution is 5.71. The first-order chi connectivity index (χ1) is 37.1. The SMILES string of the molecule is CC/C=C\C/C=C\C/C=C\C/C=C\C/C=C\C/C=C\CCCCC(=O)OC(COC(=O)CCCCCCCCCCCCCCCCCCCCCCCCCCCCCCCC)COC(OCC[N+](C)(C)C)C(=O)O. The van der Waals surface area contributed by atoms with Crippen LogP contribution in [-0.4, -0.2) is 87.4 Å². The summed E-state index contributed by atoms with van der Waals surface area (Å²) in [7, 11) is 5.96. The first-order valence-electron chi connectivity index (χ1n) is 31.6. The van der Waals surface area contributed by atoms with Crippen LogP contribution in [0, 0.1) is 0 Å². The molecule has 0 saturated heterocycles. The monoisotopic (exact) mass is 1070 g/mol. The van der Waals surface area contributed by atoms with E-state index in [0.29, 0.717) is 23.9 Å². The molecular formula is C67H120NO8+. The number of aliphatic carboxylic acids is 1. The number of ether oxygens (including phenoxy) is 4. The molecule has 0 radical (unpaired) electrons. The molecule has 0 aromatic rings. The number of likely N-dealkylation sites (N-methyl/N-ethyl adjacent to an activating group) is 1. The lowest BCUT2D eigenvalue weighted by Gasteiger charge is -2.25. The van der Waals surface area contributed by atoms with Crippen molar-refractivity contribution in [2.75, 3.05) is 47.5 Å². The van der Waals surface area contributed by atoms with E-state index in [0.717, 1.165) is 70.6 Å². The summed E-state index contributed by atoms with van der Waals surface area (Å²) in [6, 6.07) is 0. The van der Waals surface area contributed by atoms with Gasteiger partial charge in [0.2, 0.25) is 0 Å². The van der Waals surface area contributed by atoms with Crippen LogP contribution in [0.3, 0.4) is 0 Å². The fraction of sp³-hybridized carbons (Fsp3) is 0.776. The van der Waals surface area contributed by atoms with Gasteiger partial charge in [0.15, 0.2) is 6.10 Å². The molecule has 9 heteroatoms. The maximum Gasteiger partial charge on any atom is 0.361 e. The molecule has 2 unspecified atom stereocenters. The number of esters is 2. The minimum absolute atomic E-state index is 0.177. The fourth-order valence-corrected chi connectivity index (χ4v) is 8.90. The quantitative estimate of drug-likeness (QED) is 0.0211. The van der Waals surface area contributed by atoms with Crippen molar-refractivity contribution in [2.45, 2.75) is 289 Å². The second-order valence-corrected chi connectivity index (χ2v) is 22.3. The largest absolute Gasteiger partial charge is 0.477 e. The Morgan fingerprint density at radius 2 is 0.750 bits per heavy atom. The van der Waals surface area contributed by atoms with Crippen LogP contribution in [0.1, 0.15) is 277 Å². The lowest BCUT2D eigenvalue weighted by Crippen LogP contribution is -2.40. The van der Waals surface area contributed by atoms with E-state index in [1.165, 1.54) is 173 Å². The summed E-state index contributed by atoms with van der Waals surface area (Å²) in [5.41, 5.74) is 0. The van der Waals surface area contributed by atoms with Crippen molar-refractivity contribution in [2.24, 2.45) is 0 Å². The molecule has 440 valence electrons. The van der Waals surface area contributed by atoms with Gasteiger partial charge >= 0.3 is 17.9 Å². The van der Waals surface area contributed by atoms with Gasteiger partial charge in [-0.2, -0.15) is 0 Å². The summed E-state index contributed by atoms with van der Waals surface area (Å²) < 4.78 is 22.9. The van der Waals surface area contributed by atoms with E-state index in [4.69, 9.17) is 18.9 Å². The highest BCUT2D eigenvalue weighted by Gasteiger charge is 2.25. The number of quaternary nitrogens is 1. The third-order valence-corrected chi connectivity index (χ3v) is 13.7. The van der Waals surface area contributed by atoms with Crippen molar-refractivity contribution in [3.8, 4) is 0 Å². The van der Waals surface area contributed by atoms with Crippen LogP contribution >= 0.6 is 0 Å². The lowest BCUT2D eigenvalue weighted by atomic mass is 10.0. The molecule has 0 aromatic heterocycles. The van der Waals surface area contributed by atoms with Crippen molar-refractivity contribution in [3.05, 3.63) is 72.9 Å². The Morgan fingerprint density at radius 3 is 1.12 bits per heavy atom. The van der Waals surface area contributed by atoms with Crippen molar-refractivity contribution in [1.29, 1.82) is 0 Å². The molecule has 0 bridgehead atoms. The van der Waals surface area contributed by atoms with E-state index < -0.39 is 24.3 Å². The van der Waals surface area contributed by atoms with Crippen molar-refractivity contribution >= 4 is 17.9 Å². The normalized spacial score (nSPS) is 13.2. The number of allylic oxidation sites excluding steroid dienone is 12. The number of carbonyl (C=O) groups is 3. The molecule has 0 heterocycles. The average Bonchev–Trinajstić information content (AvgIpc) is 3.39. The fourth-order valence-electron chi connectivity index (χ4n) is 8.90. The maximum absolute atomic E-state index is 12.9. The van der Waals surface area contributed by atoms with Gasteiger partial charge in [-0.05, 0) is 64.2 Å². The first kappa shape index (κ1) is 72.7. The molecule has 0 amide bonds. The van der Waals surface area contributed by atoms with Gasteiger partial charge in [-0.15, -0.1) is 0 Å². The maximum atomic E-state index is 12.9. The zero-order valence-electron chi connectivity index (χ0n) is 50.2. The van der Waals surface area contributed by atoms with Crippen LogP contribution in [-0.2, 0) is 33.3 Å². The van der Waals surface area contributed by atoms with E-state index in [9.17, 15) is 19.5 Å². The third kappa shape index (κ3) is 58.4. The second-order valence-electron chi connectivity index (χ2n) is 22.3. The highest BCUT2D eigenvalue weighted by Crippen LogP contribution is 2.17. The Balaban J connectivity index is 4.18. The van der Waals surface area contributed by atoms with Crippen LogP contribution in [0.4, 0.5) is 0 Å². The minimum Gasteiger partial charge on any atom is -0.477 e. The van der Waals surface area contributed by atoms with Crippen LogP contribution in [0.5, 0.6) is 0 Å². The molecule has 9 nitrogen and oxygen atoms in total. The van der Waals surface area contributed by atoms with Gasteiger partial charge in [-0.1, -0.05) is 273 Å². The first-order valence-corrected chi connectivity index (χ1v) is 31.6. The van der Waals surface area contributed by atoms with Gasteiger partial charge in [0.05, 0.1) is 34.4 Å². The molecule has 0 aliphatic heterocycles. The lowest BCUT2D eigenvalue weighted by molar-refractivity contribution is -0.870. The van der Waals surface area contributed by atoms with Gasteiger partial charge in [-0.3, -0.25) is 9.59 Å². The van der Waals surface area contributed by atoms with Crippen molar-refractivity contribution in [3.63, 3.8) is 0 Å². The number of hydrogen-bond donors (Lipinski definition) is 1.